The highest BCUT2D eigenvalue weighted by Gasteiger charge is 2.53. The van der Waals surface area contributed by atoms with Gasteiger partial charge in [0.05, 0.1) is 24.4 Å². The predicted octanol–water partition coefficient (Wildman–Crippen LogP) is 18.8. The van der Waals surface area contributed by atoms with Gasteiger partial charge in [-0.15, -0.1) is 0 Å². The lowest BCUT2D eigenvalue weighted by atomic mass is 9.71. The number of hydroxylamine groups is 8. The van der Waals surface area contributed by atoms with Crippen LogP contribution in [0, 0.1) is 11.8 Å². The maximum absolute atomic E-state index is 6.98. The second-order valence-electron chi connectivity index (χ2n) is 37.9. The van der Waals surface area contributed by atoms with E-state index in [1.165, 1.54) is 77.0 Å². The van der Waals surface area contributed by atoms with Gasteiger partial charge in [0.1, 0.15) is 0 Å². The van der Waals surface area contributed by atoms with E-state index in [1.54, 1.807) is 0 Å². The van der Waals surface area contributed by atoms with Crippen LogP contribution in [0.2, 0.25) is 0 Å². The minimum Gasteiger partial charge on any atom is -0.354 e. The molecule has 0 spiro atoms. The van der Waals surface area contributed by atoms with Gasteiger partial charge in [0, 0.05) is 81.6 Å². The Morgan fingerprint density at radius 2 is 0.560 bits per heavy atom. The zero-order valence-corrected chi connectivity index (χ0v) is 66.7. The Balaban J connectivity index is 0.807. The van der Waals surface area contributed by atoms with Gasteiger partial charge in [-0.3, -0.25) is 19.4 Å². The Hall–Kier alpha value is -3.50. The van der Waals surface area contributed by atoms with Gasteiger partial charge in [0.25, 0.3) is 0 Å². The van der Waals surface area contributed by atoms with Crippen LogP contribution in [0.5, 0.6) is 0 Å². The molecule has 8 fully saturated rings. The Kier molecular flexibility index (Phi) is 26.8. The Morgan fingerprint density at radius 3 is 0.820 bits per heavy atom. The highest BCUT2D eigenvalue weighted by Crippen LogP contribution is 2.49. The van der Waals surface area contributed by atoms with E-state index < -0.39 is 0 Å². The smallest absolute Gasteiger partial charge is 0.229 e. The summed E-state index contributed by atoms with van der Waals surface area (Å²) < 4.78 is 0. The summed E-state index contributed by atoms with van der Waals surface area (Å²) in [6, 6.07) is 0.658. The van der Waals surface area contributed by atoms with Crippen LogP contribution in [0.4, 0.5) is 35.7 Å². The summed E-state index contributed by atoms with van der Waals surface area (Å²) in [5, 5.41) is 32.7. The third kappa shape index (κ3) is 21.2. The van der Waals surface area contributed by atoms with Gasteiger partial charge in [0.2, 0.25) is 35.7 Å². The first-order valence-corrected chi connectivity index (χ1v) is 41.3. The Bertz CT molecular complexity index is 2570. The molecule has 0 aromatic carbocycles. The molecule has 0 bridgehead atoms. The monoisotopic (exact) mass is 1400 g/mol. The second kappa shape index (κ2) is 33.9. The first kappa shape index (κ1) is 79.1. The molecule has 4 aliphatic heterocycles. The highest BCUT2D eigenvalue weighted by atomic mass is 16.7. The average Bonchev–Trinajstić information content (AvgIpc) is 0.779. The Morgan fingerprint density at radius 1 is 0.320 bits per heavy atom. The number of nitrogens with zero attached hydrogens (tertiary/aromatic N) is 10. The minimum absolute atomic E-state index is 0.135. The van der Waals surface area contributed by atoms with Crippen molar-refractivity contribution in [2.75, 3.05) is 45.0 Å². The van der Waals surface area contributed by atoms with Crippen molar-refractivity contribution in [3.63, 3.8) is 0 Å². The van der Waals surface area contributed by atoms with Crippen LogP contribution in [0.3, 0.4) is 0 Å². The van der Waals surface area contributed by atoms with Gasteiger partial charge in [-0.1, -0.05) is 117 Å². The molecule has 6 heterocycles. The van der Waals surface area contributed by atoms with Crippen LogP contribution in [0.25, 0.3) is 0 Å². The zero-order chi connectivity index (χ0) is 71.7. The summed E-state index contributed by atoms with van der Waals surface area (Å²) >= 11 is 0. The lowest BCUT2D eigenvalue weighted by Crippen LogP contribution is -2.63. The first-order valence-electron chi connectivity index (χ1n) is 41.3. The topological polar surface area (TPSA) is 199 Å². The minimum atomic E-state index is -0.193. The van der Waals surface area contributed by atoms with E-state index in [1.807, 2.05) is 0 Å². The zero-order valence-electron chi connectivity index (χ0n) is 66.7. The summed E-state index contributed by atoms with van der Waals surface area (Å²) in [4.78, 5) is 59.1. The molecule has 2 aromatic rings. The molecule has 20 nitrogen and oxygen atoms in total. The standard InChI is InChI=1S/C80H146N16O4/c1-19-37-65(57-49-73(3,4)93(74(5,6)50-57)97-61-39-27-23-28-40-61)85-71-89-67(87-69(91-71)83-59-53-77(11,12)95(78(13,14)54-59)99-63-43-31-25-32-44-63)81-47-35-21-22-36-48-82-68-88-70(84-60-55-79(15,16)96(80(17,18)56-60)100-64-45-33-26-34-46-64)92-72(90-68)86-66(38-20-2)58-51-75(7,8)94(76(9,10)52-58)98-62-41-29-24-30-42-62/h57-66H,19-56H2,1-18H3,(H3,81,83,85,87,89,91)(H3,82,84,86,88,90,92). The number of rotatable bonds is 31. The summed E-state index contributed by atoms with van der Waals surface area (Å²) in [7, 11) is 0. The van der Waals surface area contributed by atoms with E-state index in [9.17, 15) is 0 Å². The largest absolute Gasteiger partial charge is 0.354 e. The van der Waals surface area contributed by atoms with Crippen molar-refractivity contribution in [2.45, 2.75) is 449 Å². The second-order valence-corrected chi connectivity index (χ2v) is 37.9. The van der Waals surface area contributed by atoms with Gasteiger partial charge < -0.3 is 31.9 Å². The molecule has 570 valence electrons. The van der Waals surface area contributed by atoms with Crippen LogP contribution in [0.15, 0.2) is 0 Å². The number of piperidine rings is 4. The molecule has 4 saturated heterocycles. The number of hydrogen-bond donors (Lipinski definition) is 6. The van der Waals surface area contributed by atoms with Crippen LogP contribution < -0.4 is 31.9 Å². The van der Waals surface area contributed by atoms with Crippen molar-refractivity contribution in [1.82, 2.24) is 50.2 Å². The van der Waals surface area contributed by atoms with Gasteiger partial charge in [0.15, 0.2) is 0 Å². The molecule has 0 amide bonds. The molecule has 2 atom stereocenters. The molecule has 100 heavy (non-hydrogen) atoms. The molecule has 2 unspecified atom stereocenters. The molecular weight excluding hydrogens is 1250 g/mol. The number of nitrogens with one attached hydrogen (secondary N) is 6. The van der Waals surface area contributed by atoms with Gasteiger partial charge in [-0.2, -0.15) is 50.2 Å². The summed E-state index contributed by atoms with van der Waals surface area (Å²) in [5.74, 6) is 4.55. The maximum Gasteiger partial charge on any atom is 0.229 e. The van der Waals surface area contributed by atoms with Crippen LogP contribution >= 0.6 is 0 Å². The van der Waals surface area contributed by atoms with E-state index in [2.05, 4.69) is 177 Å². The summed E-state index contributed by atoms with van der Waals surface area (Å²) in [6.45, 7) is 44.0. The van der Waals surface area contributed by atoms with Crippen molar-refractivity contribution >= 4 is 35.7 Å². The summed E-state index contributed by atoms with van der Waals surface area (Å²) in [5.41, 5.74) is -1.31. The van der Waals surface area contributed by atoms with Crippen molar-refractivity contribution < 1.29 is 19.4 Å². The maximum atomic E-state index is 6.98. The quantitative estimate of drug-likeness (QED) is 0.0389. The number of anilines is 6. The van der Waals surface area contributed by atoms with Crippen LogP contribution in [-0.2, 0) is 19.4 Å². The van der Waals surface area contributed by atoms with Gasteiger partial charge >= 0.3 is 0 Å². The third-order valence-electron chi connectivity index (χ3n) is 24.2. The van der Waals surface area contributed by atoms with Gasteiger partial charge in [-0.25, -0.2) is 0 Å². The highest BCUT2D eigenvalue weighted by molar-refractivity contribution is 5.45. The Labute approximate surface area is 607 Å². The molecule has 4 saturated carbocycles. The average molecular weight is 1400 g/mol. The van der Waals surface area contributed by atoms with Crippen LogP contribution in [-0.4, -0.2) is 156 Å². The van der Waals surface area contributed by atoms with Crippen molar-refractivity contribution in [2.24, 2.45) is 11.8 Å². The van der Waals surface area contributed by atoms with E-state index in [0.717, 1.165) is 167 Å². The molecule has 10 rings (SSSR count). The van der Waals surface area contributed by atoms with Gasteiger partial charge in [-0.05, 0) is 251 Å². The molecule has 8 aliphatic rings. The summed E-state index contributed by atoms with van der Waals surface area (Å²) in [6.07, 6.45) is 41.7. The number of aromatic nitrogens is 6. The molecule has 0 radical (unpaired) electrons. The number of hydrogen-bond acceptors (Lipinski definition) is 20. The molecule has 4 aliphatic carbocycles. The van der Waals surface area contributed by atoms with Crippen molar-refractivity contribution in [1.29, 1.82) is 0 Å². The van der Waals surface area contributed by atoms with Crippen molar-refractivity contribution in [3.05, 3.63) is 0 Å². The fourth-order valence-electron chi connectivity index (χ4n) is 20.7. The van der Waals surface area contributed by atoms with E-state index in [4.69, 9.17) is 49.3 Å². The third-order valence-corrected chi connectivity index (χ3v) is 24.2. The van der Waals surface area contributed by atoms with Crippen LogP contribution in [0.1, 0.15) is 356 Å². The molecular formula is C80H146N16O4. The van der Waals surface area contributed by atoms with Crippen molar-refractivity contribution in [3.8, 4) is 0 Å². The lowest BCUT2D eigenvalue weighted by Gasteiger charge is -2.56. The number of unbranched alkanes of at least 4 members (excludes halogenated alkanes) is 3. The fourth-order valence-corrected chi connectivity index (χ4v) is 20.7. The predicted molar refractivity (Wildman–Crippen MR) is 410 cm³/mol. The fraction of sp³-hybridized carbons (Fsp3) is 0.925. The normalized spacial score (nSPS) is 26.2. The molecule has 6 N–H and O–H groups in total. The SMILES string of the molecule is CCCC(Nc1nc(NCCCCCCNc2nc(NC3CC(C)(C)N(OC4CCCCC4)C(C)(C)C3)nc(NC(CCC)C3CC(C)(C)N(OC4CCCCC4)C(C)(C)C3)n2)nc(NC2CC(C)(C)N(OC3CCCCC3)C(C)(C)C2)n1)C1CC(C)(C)N(OC2CCCCC2)C(C)(C)C1. The van der Waals surface area contributed by atoms with E-state index in [0.29, 0.717) is 71.9 Å². The van der Waals surface area contributed by atoms with E-state index >= 15 is 0 Å². The molecule has 20 heteroatoms. The van der Waals surface area contributed by atoms with E-state index in [-0.39, 0.29) is 68.5 Å². The first-order chi connectivity index (χ1) is 47.3. The lowest BCUT2D eigenvalue weighted by molar-refractivity contribution is -0.314. The molecule has 2 aromatic heterocycles.